The lowest BCUT2D eigenvalue weighted by atomic mass is 10.0. The van der Waals surface area contributed by atoms with Crippen molar-refractivity contribution in [3.05, 3.63) is 11.8 Å². The number of aromatic nitrogens is 2. The number of ether oxygens (including phenoxy) is 1. The number of esters is 1. The van der Waals surface area contributed by atoms with Crippen LogP contribution in [0.5, 0.6) is 0 Å². The molecule has 6 nitrogen and oxygen atoms in total. The minimum absolute atomic E-state index is 0.177. The number of rotatable bonds is 5. The van der Waals surface area contributed by atoms with Gasteiger partial charge in [0.05, 0.1) is 7.11 Å². The minimum Gasteiger partial charge on any atom is -0.467 e. The molecule has 0 spiro atoms. The van der Waals surface area contributed by atoms with Crippen molar-refractivity contribution in [2.24, 2.45) is 5.92 Å². The molecule has 0 aliphatic carbocycles. The Morgan fingerprint density at radius 2 is 2.22 bits per heavy atom. The van der Waals surface area contributed by atoms with Crippen LogP contribution in [-0.2, 0) is 9.53 Å². The first-order chi connectivity index (χ1) is 8.43. The largest absolute Gasteiger partial charge is 0.467 e. The van der Waals surface area contributed by atoms with Crippen LogP contribution in [0.2, 0.25) is 0 Å². The lowest BCUT2D eigenvalue weighted by Crippen LogP contribution is -2.32. The van der Waals surface area contributed by atoms with E-state index in [1.165, 1.54) is 7.11 Å². The number of nitrogen functional groups attached to an aromatic ring is 1. The third-order valence-electron chi connectivity index (χ3n) is 2.49. The van der Waals surface area contributed by atoms with Crippen molar-refractivity contribution in [1.82, 2.24) is 9.97 Å². The first-order valence-corrected chi connectivity index (χ1v) is 5.87. The van der Waals surface area contributed by atoms with Crippen molar-refractivity contribution in [2.75, 3.05) is 18.2 Å². The van der Waals surface area contributed by atoms with Gasteiger partial charge in [-0.25, -0.2) is 9.78 Å². The van der Waals surface area contributed by atoms with Crippen LogP contribution >= 0.6 is 0 Å². The zero-order valence-electron chi connectivity index (χ0n) is 11.2. The summed E-state index contributed by atoms with van der Waals surface area (Å²) in [6, 6.07) is -0.428. The monoisotopic (exact) mass is 252 g/mol. The summed E-state index contributed by atoms with van der Waals surface area (Å²) in [7, 11) is 1.37. The van der Waals surface area contributed by atoms with Gasteiger partial charge in [-0.3, -0.25) is 0 Å². The van der Waals surface area contributed by atoms with E-state index in [0.29, 0.717) is 18.2 Å². The van der Waals surface area contributed by atoms with Gasteiger partial charge in [-0.05, 0) is 19.3 Å². The molecule has 1 heterocycles. The number of hydrogen-bond donors (Lipinski definition) is 2. The summed E-state index contributed by atoms with van der Waals surface area (Å²) in [4.78, 5) is 19.7. The van der Waals surface area contributed by atoms with Crippen LogP contribution in [0.15, 0.2) is 6.20 Å². The molecule has 1 unspecified atom stereocenters. The number of nitrogens with zero attached hydrogens (tertiary/aromatic N) is 2. The molecular formula is C12H20N4O2. The third-order valence-corrected chi connectivity index (χ3v) is 2.49. The highest BCUT2D eigenvalue weighted by Gasteiger charge is 2.21. The van der Waals surface area contributed by atoms with E-state index in [-0.39, 0.29) is 11.9 Å². The smallest absolute Gasteiger partial charge is 0.328 e. The molecule has 1 rings (SSSR count). The van der Waals surface area contributed by atoms with Crippen LogP contribution < -0.4 is 11.1 Å². The van der Waals surface area contributed by atoms with Crippen LogP contribution in [0.25, 0.3) is 0 Å². The molecular weight excluding hydrogens is 232 g/mol. The molecule has 0 aromatic carbocycles. The molecule has 0 fully saturated rings. The quantitative estimate of drug-likeness (QED) is 0.769. The van der Waals surface area contributed by atoms with Crippen molar-refractivity contribution >= 4 is 17.7 Å². The molecule has 3 N–H and O–H groups in total. The van der Waals surface area contributed by atoms with Crippen molar-refractivity contribution in [2.45, 2.75) is 33.2 Å². The Hall–Kier alpha value is -1.85. The van der Waals surface area contributed by atoms with Gasteiger partial charge in [0.25, 0.3) is 0 Å². The number of carbonyl (C=O) groups is 1. The molecule has 6 heteroatoms. The Balaban J connectivity index is 2.88. The summed E-state index contributed by atoms with van der Waals surface area (Å²) in [5.41, 5.74) is 6.37. The molecule has 18 heavy (non-hydrogen) atoms. The average Bonchev–Trinajstić information content (AvgIpc) is 2.31. The van der Waals surface area contributed by atoms with Crippen molar-refractivity contribution in [1.29, 1.82) is 0 Å². The molecule has 0 aliphatic heterocycles. The lowest BCUT2D eigenvalue weighted by molar-refractivity contribution is -0.141. The van der Waals surface area contributed by atoms with Crippen molar-refractivity contribution in [3.63, 3.8) is 0 Å². The number of hydrogen-bond acceptors (Lipinski definition) is 6. The van der Waals surface area contributed by atoms with Gasteiger partial charge in [0, 0.05) is 11.8 Å². The van der Waals surface area contributed by atoms with Gasteiger partial charge in [-0.1, -0.05) is 13.8 Å². The fourth-order valence-electron chi connectivity index (χ4n) is 1.59. The van der Waals surface area contributed by atoms with Crippen LogP contribution in [0, 0.1) is 12.8 Å². The maximum Gasteiger partial charge on any atom is 0.328 e. The topological polar surface area (TPSA) is 90.1 Å². The first kappa shape index (κ1) is 14.2. The second-order valence-electron chi connectivity index (χ2n) is 4.61. The summed E-state index contributed by atoms with van der Waals surface area (Å²) < 4.78 is 4.78. The van der Waals surface area contributed by atoms with Gasteiger partial charge >= 0.3 is 5.97 Å². The van der Waals surface area contributed by atoms with E-state index in [1.807, 2.05) is 20.8 Å². The summed E-state index contributed by atoms with van der Waals surface area (Å²) >= 11 is 0. The Bertz CT molecular complexity index is 421. The second kappa shape index (κ2) is 6.18. The third kappa shape index (κ3) is 3.87. The number of anilines is 2. The van der Waals surface area contributed by atoms with E-state index in [9.17, 15) is 4.79 Å². The van der Waals surface area contributed by atoms with E-state index in [1.54, 1.807) is 6.20 Å². The highest BCUT2D eigenvalue weighted by atomic mass is 16.5. The Kier molecular flexibility index (Phi) is 4.88. The van der Waals surface area contributed by atoms with Gasteiger partial charge in [-0.15, -0.1) is 0 Å². The summed E-state index contributed by atoms with van der Waals surface area (Å²) in [6.07, 6.45) is 2.28. The summed E-state index contributed by atoms with van der Waals surface area (Å²) in [5.74, 6) is 0.802. The van der Waals surface area contributed by atoms with Gasteiger partial charge in [0.2, 0.25) is 5.95 Å². The van der Waals surface area contributed by atoms with Crippen LogP contribution in [0.3, 0.4) is 0 Å². The lowest BCUT2D eigenvalue weighted by Gasteiger charge is -2.19. The predicted molar refractivity (Wildman–Crippen MR) is 70.1 cm³/mol. The molecule has 1 aromatic heterocycles. The standard InChI is InChI=1S/C12H20N4O2/c1-7(2)5-9(11(17)18-4)15-10-8(3)6-14-12(13)16-10/h6-7,9H,5H2,1-4H3,(H3,13,14,15,16). The minimum atomic E-state index is -0.428. The molecule has 0 bridgehead atoms. The number of methoxy groups -OCH3 is 1. The second-order valence-corrected chi connectivity index (χ2v) is 4.61. The van der Waals surface area contributed by atoms with Crippen LogP contribution in [-0.4, -0.2) is 29.1 Å². The highest BCUT2D eigenvalue weighted by Crippen LogP contribution is 2.16. The fourth-order valence-corrected chi connectivity index (χ4v) is 1.59. The van der Waals surface area contributed by atoms with Gasteiger partial charge in [0.1, 0.15) is 11.9 Å². The van der Waals surface area contributed by atoms with E-state index in [2.05, 4.69) is 15.3 Å². The maximum atomic E-state index is 11.7. The molecule has 0 saturated heterocycles. The number of aryl methyl sites for hydroxylation is 1. The fraction of sp³-hybridized carbons (Fsp3) is 0.583. The number of nitrogens with two attached hydrogens (primary N) is 1. The van der Waals surface area contributed by atoms with Crippen molar-refractivity contribution < 1.29 is 9.53 Å². The van der Waals surface area contributed by atoms with Crippen LogP contribution in [0.4, 0.5) is 11.8 Å². The Morgan fingerprint density at radius 1 is 1.56 bits per heavy atom. The predicted octanol–water partition coefficient (Wildman–Crippen LogP) is 1.37. The highest BCUT2D eigenvalue weighted by molar-refractivity contribution is 5.79. The molecule has 1 atom stereocenters. The molecule has 1 aromatic rings. The van der Waals surface area contributed by atoms with Gasteiger partial charge < -0.3 is 15.8 Å². The van der Waals surface area contributed by atoms with E-state index >= 15 is 0 Å². The zero-order chi connectivity index (χ0) is 13.7. The molecule has 0 amide bonds. The maximum absolute atomic E-state index is 11.7. The average molecular weight is 252 g/mol. The zero-order valence-corrected chi connectivity index (χ0v) is 11.2. The van der Waals surface area contributed by atoms with Crippen molar-refractivity contribution in [3.8, 4) is 0 Å². The van der Waals surface area contributed by atoms with Gasteiger partial charge in [-0.2, -0.15) is 4.98 Å². The van der Waals surface area contributed by atoms with E-state index in [0.717, 1.165) is 5.56 Å². The van der Waals surface area contributed by atoms with Gasteiger partial charge in [0.15, 0.2) is 0 Å². The molecule has 100 valence electrons. The first-order valence-electron chi connectivity index (χ1n) is 5.87. The van der Waals surface area contributed by atoms with Crippen LogP contribution in [0.1, 0.15) is 25.8 Å². The summed E-state index contributed by atoms with van der Waals surface area (Å²) in [5, 5.41) is 3.06. The Labute approximate surface area is 107 Å². The SMILES string of the molecule is COC(=O)C(CC(C)C)Nc1nc(N)ncc1C. The van der Waals surface area contributed by atoms with E-state index in [4.69, 9.17) is 10.5 Å². The Morgan fingerprint density at radius 3 is 2.78 bits per heavy atom. The molecule has 0 aliphatic rings. The van der Waals surface area contributed by atoms with E-state index < -0.39 is 6.04 Å². The number of nitrogens with one attached hydrogen (secondary N) is 1. The molecule has 0 saturated carbocycles. The number of carbonyl (C=O) groups excluding carboxylic acids is 1. The normalized spacial score (nSPS) is 12.3. The summed E-state index contributed by atoms with van der Waals surface area (Å²) in [6.45, 7) is 5.93. The molecule has 0 radical (unpaired) electrons.